The van der Waals surface area contributed by atoms with Crippen LogP contribution in [0.1, 0.15) is 115 Å². The van der Waals surface area contributed by atoms with Crippen molar-refractivity contribution in [2.45, 2.75) is 121 Å². The van der Waals surface area contributed by atoms with Crippen molar-refractivity contribution in [3.8, 4) is 0 Å². The highest BCUT2D eigenvalue weighted by Crippen LogP contribution is 2.14. The van der Waals surface area contributed by atoms with E-state index in [0.717, 1.165) is 23.0 Å². The van der Waals surface area contributed by atoms with Gasteiger partial charge in [0.15, 0.2) is 0 Å². The van der Waals surface area contributed by atoms with E-state index in [1.807, 2.05) is 6.92 Å². The van der Waals surface area contributed by atoms with Gasteiger partial charge in [-0.1, -0.05) is 115 Å². The molecular formula is C30H55NO5S. The standard InChI is InChI=1S/C23H48NO2.C7H8O3S/c1-5-6-7-8-9-10-11-12-13-14-15-16-17-18-19-20-23(25)26-22-21-24(2,3)4;1-6-2-4-7(5-3-6)11(8,9)10/h5-22H2,1-4H3;2-5H,1H3,(H,8,9,10)/q+1;/p-1. The maximum absolute atomic E-state index is 11.6. The van der Waals surface area contributed by atoms with Crippen molar-refractivity contribution >= 4 is 16.1 Å². The molecule has 0 spiro atoms. The van der Waals surface area contributed by atoms with Gasteiger partial charge in [-0.2, -0.15) is 0 Å². The van der Waals surface area contributed by atoms with Crippen molar-refractivity contribution in [1.29, 1.82) is 0 Å². The number of rotatable bonds is 20. The number of nitrogens with zero attached hydrogens (tertiary/aromatic N) is 1. The Bertz CT molecular complexity index is 785. The Kier molecular flexibility index (Phi) is 20.7. The van der Waals surface area contributed by atoms with Crippen LogP contribution in [-0.4, -0.2) is 57.7 Å². The van der Waals surface area contributed by atoms with E-state index in [4.69, 9.17) is 4.74 Å². The summed E-state index contributed by atoms with van der Waals surface area (Å²) >= 11 is 0. The van der Waals surface area contributed by atoms with Crippen LogP contribution in [0.3, 0.4) is 0 Å². The lowest BCUT2D eigenvalue weighted by atomic mass is 10.0. The molecule has 0 radical (unpaired) electrons. The van der Waals surface area contributed by atoms with Crippen molar-refractivity contribution in [3.63, 3.8) is 0 Å². The summed E-state index contributed by atoms with van der Waals surface area (Å²) < 4.78 is 37.3. The molecule has 0 atom stereocenters. The fraction of sp³-hybridized carbons (Fsp3) is 0.767. The average molecular weight is 542 g/mol. The van der Waals surface area contributed by atoms with Crippen molar-refractivity contribution in [3.05, 3.63) is 29.8 Å². The van der Waals surface area contributed by atoms with E-state index < -0.39 is 10.1 Å². The Labute approximate surface area is 228 Å². The maximum atomic E-state index is 11.6. The Morgan fingerprint density at radius 1 is 0.757 bits per heavy atom. The lowest BCUT2D eigenvalue weighted by molar-refractivity contribution is -0.870. The number of carbonyl (C=O) groups excluding carboxylic acids is 1. The first kappa shape index (κ1) is 35.6. The van der Waals surface area contributed by atoms with Crippen LogP contribution in [0.4, 0.5) is 0 Å². The van der Waals surface area contributed by atoms with Crippen molar-refractivity contribution in [1.82, 2.24) is 0 Å². The van der Waals surface area contributed by atoms with E-state index in [9.17, 15) is 17.8 Å². The SMILES string of the molecule is CCCCCCCCCCCCCCCCCC(=O)OCC[N+](C)(C)C.Cc1ccc(S(=O)(=O)[O-])cc1. The van der Waals surface area contributed by atoms with Gasteiger partial charge in [-0.05, 0) is 25.5 Å². The number of quaternary nitrogens is 1. The van der Waals surface area contributed by atoms with Crippen LogP contribution in [-0.2, 0) is 19.6 Å². The van der Waals surface area contributed by atoms with E-state index in [0.29, 0.717) is 13.0 Å². The molecule has 0 amide bonds. The summed E-state index contributed by atoms with van der Waals surface area (Å²) in [5.74, 6) is -0.0202. The molecule has 0 fully saturated rings. The quantitative estimate of drug-likeness (QED) is 0.0743. The molecule has 0 aromatic heterocycles. The average Bonchev–Trinajstić information content (AvgIpc) is 2.81. The topological polar surface area (TPSA) is 83.5 Å². The molecule has 0 aliphatic carbocycles. The van der Waals surface area contributed by atoms with Crippen molar-refractivity contribution in [2.75, 3.05) is 34.3 Å². The summed E-state index contributed by atoms with van der Waals surface area (Å²) in [6.45, 7) is 5.52. The Morgan fingerprint density at radius 2 is 1.16 bits per heavy atom. The summed E-state index contributed by atoms with van der Waals surface area (Å²) in [6.07, 6.45) is 20.9. The first-order valence-corrected chi connectivity index (χ1v) is 15.8. The second-order valence-electron chi connectivity index (χ2n) is 11.2. The molecular weight excluding hydrogens is 486 g/mol. The third kappa shape index (κ3) is 24.6. The lowest BCUT2D eigenvalue weighted by Crippen LogP contribution is -2.37. The van der Waals surface area contributed by atoms with Gasteiger partial charge in [0.1, 0.15) is 23.3 Å². The highest BCUT2D eigenvalue weighted by Gasteiger charge is 2.09. The third-order valence-electron chi connectivity index (χ3n) is 6.32. The van der Waals surface area contributed by atoms with Crippen LogP contribution in [0.2, 0.25) is 0 Å². The number of hydrogen-bond donors (Lipinski definition) is 0. The van der Waals surface area contributed by atoms with Gasteiger partial charge in [-0.3, -0.25) is 4.79 Å². The predicted octanol–water partition coefficient (Wildman–Crippen LogP) is 7.40. The Morgan fingerprint density at radius 3 is 1.54 bits per heavy atom. The molecule has 7 heteroatoms. The molecule has 1 rings (SSSR count). The number of aryl methyl sites for hydroxylation is 1. The van der Waals surface area contributed by atoms with Gasteiger partial charge in [0.25, 0.3) is 0 Å². The molecule has 37 heavy (non-hydrogen) atoms. The first-order valence-electron chi connectivity index (χ1n) is 14.4. The van der Waals surface area contributed by atoms with Crippen LogP contribution < -0.4 is 0 Å². The monoisotopic (exact) mass is 541 g/mol. The zero-order valence-corrected chi connectivity index (χ0v) is 25.3. The molecule has 216 valence electrons. The molecule has 0 heterocycles. The number of esters is 1. The zero-order valence-electron chi connectivity index (χ0n) is 24.4. The summed E-state index contributed by atoms with van der Waals surface area (Å²) in [5, 5.41) is 0. The predicted molar refractivity (Wildman–Crippen MR) is 153 cm³/mol. The molecule has 1 aromatic rings. The number of likely N-dealkylation sites (N-methyl/N-ethyl adjacent to an activating group) is 1. The molecule has 6 nitrogen and oxygen atoms in total. The minimum Gasteiger partial charge on any atom is -0.744 e. The van der Waals surface area contributed by atoms with Gasteiger partial charge in [0.05, 0.1) is 26.0 Å². The largest absolute Gasteiger partial charge is 0.744 e. The van der Waals surface area contributed by atoms with E-state index in [-0.39, 0.29) is 10.9 Å². The van der Waals surface area contributed by atoms with E-state index >= 15 is 0 Å². The van der Waals surface area contributed by atoms with Gasteiger partial charge in [-0.25, -0.2) is 8.42 Å². The fourth-order valence-corrected chi connectivity index (χ4v) is 4.32. The third-order valence-corrected chi connectivity index (χ3v) is 7.17. The zero-order chi connectivity index (χ0) is 28.0. The van der Waals surface area contributed by atoms with Crippen molar-refractivity contribution in [2.24, 2.45) is 0 Å². The molecule has 0 aliphatic rings. The van der Waals surface area contributed by atoms with Gasteiger partial charge >= 0.3 is 5.97 Å². The fourth-order valence-electron chi connectivity index (χ4n) is 3.85. The number of carbonyl (C=O) groups is 1. The Hall–Kier alpha value is -1.44. The lowest BCUT2D eigenvalue weighted by Gasteiger charge is -2.23. The van der Waals surface area contributed by atoms with E-state index in [1.54, 1.807) is 12.1 Å². The van der Waals surface area contributed by atoms with E-state index in [1.165, 1.54) is 102 Å². The summed E-state index contributed by atoms with van der Waals surface area (Å²) in [4.78, 5) is 11.5. The Balaban J connectivity index is 0.000000970. The minimum absolute atomic E-state index is 0.0202. The van der Waals surface area contributed by atoms with E-state index in [2.05, 4.69) is 28.1 Å². The molecule has 0 N–H and O–H groups in total. The van der Waals surface area contributed by atoms with Crippen LogP contribution in [0, 0.1) is 6.92 Å². The second-order valence-corrected chi connectivity index (χ2v) is 12.6. The van der Waals surface area contributed by atoms with Crippen LogP contribution in [0.15, 0.2) is 29.2 Å². The highest BCUT2D eigenvalue weighted by atomic mass is 32.2. The second kappa shape index (κ2) is 21.5. The van der Waals surface area contributed by atoms with Gasteiger partial charge in [0, 0.05) is 6.42 Å². The first-order chi connectivity index (χ1) is 17.5. The molecule has 0 saturated carbocycles. The highest BCUT2D eigenvalue weighted by molar-refractivity contribution is 7.85. The van der Waals surface area contributed by atoms with Crippen LogP contribution in [0.25, 0.3) is 0 Å². The molecule has 0 saturated heterocycles. The van der Waals surface area contributed by atoms with Gasteiger partial charge in [-0.15, -0.1) is 0 Å². The molecule has 0 bridgehead atoms. The van der Waals surface area contributed by atoms with Crippen LogP contribution in [0.5, 0.6) is 0 Å². The normalized spacial score (nSPS) is 11.6. The number of ether oxygens (including phenoxy) is 1. The van der Waals surface area contributed by atoms with Gasteiger partial charge < -0.3 is 13.8 Å². The smallest absolute Gasteiger partial charge is 0.305 e. The summed E-state index contributed by atoms with van der Waals surface area (Å²) in [7, 11) is 2.07. The number of unbranched alkanes of at least 4 members (excludes halogenated alkanes) is 14. The molecule has 0 unspecified atom stereocenters. The summed E-state index contributed by atoms with van der Waals surface area (Å²) in [5.41, 5.74) is 0.928. The minimum atomic E-state index is -4.27. The molecule has 1 aromatic carbocycles. The molecule has 0 aliphatic heterocycles. The number of hydrogen-bond acceptors (Lipinski definition) is 5. The van der Waals surface area contributed by atoms with Gasteiger partial charge in [0.2, 0.25) is 0 Å². The summed E-state index contributed by atoms with van der Waals surface area (Å²) in [6, 6.07) is 5.78. The van der Waals surface area contributed by atoms with Crippen molar-refractivity contribution < 1.29 is 27.0 Å². The number of benzene rings is 1. The maximum Gasteiger partial charge on any atom is 0.305 e. The van der Waals surface area contributed by atoms with Crippen LogP contribution >= 0.6 is 0 Å².